The number of pyridine rings is 1. The summed E-state index contributed by atoms with van der Waals surface area (Å²) in [6, 6.07) is 1.08. The molecule has 1 aromatic rings. The number of hydrogen-bond donors (Lipinski definition) is 0. The largest absolute Gasteiger partial charge is 0.419 e. The monoisotopic (exact) mass is 359 g/mol. The summed E-state index contributed by atoms with van der Waals surface area (Å²) in [5, 5.41) is 0. The Hall–Kier alpha value is -0.530. The molecule has 108 valence electrons. The molecule has 0 radical (unpaired) electrons. The second kappa shape index (κ2) is 6.28. The summed E-state index contributed by atoms with van der Waals surface area (Å²) in [5.41, 5.74) is -0.679. The van der Waals surface area contributed by atoms with Crippen LogP contribution >= 0.6 is 28.3 Å². The highest BCUT2D eigenvalue weighted by atomic mass is 79.9. The molecule has 0 spiro atoms. The average molecular weight is 361 g/mol. The predicted octanol–water partition coefficient (Wildman–Crippen LogP) is 3.04. The van der Waals surface area contributed by atoms with Gasteiger partial charge in [0.25, 0.3) is 0 Å². The Morgan fingerprint density at radius 1 is 1.21 bits per heavy atom. The molecule has 0 amide bonds. The lowest BCUT2D eigenvalue weighted by Crippen LogP contribution is -2.45. The minimum absolute atomic E-state index is 0. The predicted molar refractivity (Wildman–Crippen MR) is 73.9 cm³/mol. The summed E-state index contributed by atoms with van der Waals surface area (Å²) >= 11 is 3.03. The number of nitrogens with zero attached hydrogens (tertiary/aromatic N) is 3. The van der Waals surface area contributed by atoms with Crippen molar-refractivity contribution in [1.29, 1.82) is 0 Å². The normalized spacial score (nSPS) is 17.2. The third-order valence-corrected chi connectivity index (χ3v) is 3.38. The summed E-state index contributed by atoms with van der Waals surface area (Å²) in [6.07, 6.45) is -2.97. The molecule has 0 aliphatic carbocycles. The van der Waals surface area contributed by atoms with Gasteiger partial charge in [0.15, 0.2) is 0 Å². The molecule has 1 aromatic heterocycles. The molecule has 1 fully saturated rings. The average Bonchev–Trinajstić information content (AvgIpc) is 2.29. The van der Waals surface area contributed by atoms with Crippen LogP contribution in [0.5, 0.6) is 0 Å². The maximum absolute atomic E-state index is 13.0. The first kappa shape index (κ1) is 16.5. The van der Waals surface area contributed by atoms with Gasteiger partial charge in [0.2, 0.25) is 0 Å². The van der Waals surface area contributed by atoms with Gasteiger partial charge in [-0.2, -0.15) is 13.2 Å². The number of aromatic nitrogens is 1. The van der Waals surface area contributed by atoms with Crippen molar-refractivity contribution in [2.45, 2.75) is 6.18 Å². The highest BCUT2D eigenvalue weighted by Crippen LogP contribution is 2.37. The second-order valence-electron chi connectivity index (χ2n) is 4.31. The number of hydrogen-bond acceptors (Lipinski definition) is 3. The van der Waals surface area contributed by atoms with E-state index in [1.807, 2.05) is 7.05 Å². The van der Waals surface area contributed by atoms with Crippen molar-refractivity contribution in [2.24, 2.45) is 0 Å². The minimum atomic E-state index is -4.38. The number of alkyl halides is 3. The Kier molecular flexibility index (Phi) is 5.46. The molecule has 3 nitrogen and oxygen atoms in total. The van der Waals surface area contributed by atoms with Crippen molar-refractivity contribution in [2.75, 3.05) is 38.1 Å². The van der Waals surface area contributed by atoms with Crippen LogP contribution in [0.2, 0.25) is 0 Å². The maximum Gasteiger partial charge on any atom is 0.419 e. The standard InChI is InChI=1S/C11H13BrF3N3.ClH/c1-17-2-4-18(5-3-17)10-9(11(13,14)15)6-8(12)7-16-10;/h6-7H,2-5H2,1H3;1H. The van der Waals surface area contributed by atoms with Gasteiger partial charge in [0.05, 0.1) is 5.56 Å². The topological polar surface area (TPSA) is 19.4 Å². The summed E-state index contributed by atoms with van der Waals surface area (Å²) in [4.78, 5) is 7.71. The van der Waals surface area contributed by atoms with Gasteiger partial charge in [-0.05, 0) is 29.0 Å². The molecule has 1 aliphatic rings. The summed E-state index contributed by atoms with van der Waals surface area (Å²) in [6.45, 7) is 2.62. The van der Waals surface area contributed by atoms with E-state index in [-0.39, 0.29) is 18.2 Å². The quantitative estimate of drug-likeness (QED) is 0.767. The zero-order chi connectivity index (χ0) is 13.3. The van der Waals surface area contributed by atoms with Crippen molar-refractivity contribution < 1.29 is 13.2 Å². The van der Waals surface area contributed by atoms with Crippen molar-refractivity contribution in [3.05, 3.63) is 22.3 Å². The van der Waals surface area contributed by atoms with Gasteiger partial charge < -0.3 is 9.80 Å². The van der Waals surface area contributed by atoms with Gasteiger partial charge in [-0.25, -0.2) is 4.98 Å². The number of anilines is 1. The first-order valence-electron chi connectivity index (χ1n) is 5.54. The van der Waals surface area contributed by atoms with Crippen LogP contribution in [0.15, 0.2) is 16.7 Å². The first-order chi connectivity index (χ1) is 8.38. The zero-order valence-electron chi connectivity index (χ0n) is 10.2. The third kappa shape index (κ3) is 3.97. The van der Waals surface area contributed by atoms with Gasteiger partial charge in [-0.1, -0.05) is 0 Å². The lowest BCUT2D eigenvalue weighted by atomic mass is 10.2. The number of rotatable bonds is 1. The molecule has 0 aromatic carbocycles. The maximum atomic E-state index is 13.0. The minimum Gasteiger partial charge on any atom is -0.354 e. The fraction of sp³-hybridized carbons (Fsp3) is 0.545. The van der Waals surface area contributed by atoms with Crippen LogP contribution in [0.3, 0.4) is 0 Å². The molecule has 2 rings (SSSR count). The van der Waals surface area contributed by atoms with E-state index in [4.69, 9.17) is 0 Å². The molecule has 2 heterocycles. The van der Waals surface area contributed by atoms with Crippen LogP contribution in [0.4, 0.5) is 19.0 Å². The van der Waals surface area contributed by atoms with Crippen LogP contribution in [-0.2, 0) is 6.18 Å². The van der Waals surface area contributed by atoms with Crippen LogP contribution in [0.1, 0.15) is 5.56 Å². The Morgan fingerprint density at radius 2 is 1.79 bits per heavy atom. The Balaban J connectivity index is 0.00000180. The van der Waals surface area contributed by atoms with Crippen molar-refractivity contribution in [3.63, 3.8) is 0 Å². The van der Waals surface area contributed by atoms with Gasteiger partial charge >= 0.3 is 6.18 Å². The van der Waals surface area contributed by atoms with E-state index in [1.165, 1.54) is 6.20 Å². The van der Waals surface area contributed by atoms with E-state index in [2.05, 4.69) is 25.8 Å². The van der Waals surface area contributed by atoms with E-state index in [0.717, 1.165) is 19.2 Å². The molecule has 0 bridgehead atoms. The van der Waals surface area contributed by atoms with Crippen LogP contribution < -0.4 is 4.90 Å². The van der Waals surface area contributed by atoms with E-state index in [9.17, 15) is 13.2 Å². The van der Waals surface area contributed by atoms with E-state index in [1.54, 1.807) is 4.90 Å². The van der Waals surface area contributed by atoms with Crippen molar-refractivity contribution >= 4 is 34.2 Å². The van der Waals surface area contributed by atoms with Crippen molar-refractivity contribution in [3.8, 4) is 0 Å². The molecular weight excluding hydrogens is 346 g/mol. The molecule has 0 N–H and O–H groups in total. The second-order valence-corrected chi connectivity index (χ2v) is 5.23. The fourth-order valence-corrected chi connectivity index (χ4v) is 2.24. The molecule has 0 atom stereocenters. The SMILES string of the molecule is CN1CCN(c2ncc(Br)cc2C(F)(F)F)CC1.Cl. The lowest BCUT2D eigenvalue weighted by Gasteiger charge is -2.34. The van der Waals surface area contributed by atoms with Gasteiger partial charge in [0.1, 0.15) is 5.82 Å². The summed E-state index contributed by atoms with van der Waals surface area (Å²) in [7, 11) is 1.96. The highest BCUT2D eigenvalue weighted by molar-refractivity contribution is 9.10. The molecular formula is C11H14BrClF3N3. The number of likely N-dealkylation sites (N-methyl/N-ethyl adjacent to an activating group) is 1. The van der Waals surface area contributed by atoms with Gasteiger partial charge in [-0.15, -0.1) is 12.4 Å². The Morgan fingerprint density at radius 3 is 2.32 bits per heavy atom. The smallest absolute Gasteiger partial charge is 0.354 e. The van der Waals surface area contributed by atoms with Crippen LogP contribution in [0.25, 0.3) is 0 Å². The summed E-state index contributed by atoms with van der Waals surface area (Å²) in [5.74, 6) is 0.0267. The van der Waals surface area contributed by atoms with Crippen LogP contribution in [-0.4, -0.2) is 43.1 Å². The molecule has 8 heteroatoms. The summed E-state index contributed by atoms with van der Waals surface area (Å²) < 4.78 is 39.2. The van der Waals surface area contributed by atoms with Gasteiger partial charge in [0, 0.05) is 36.8 Å². The van der Waals surface area contributed by atoms with E-state index >= 15 is 0 Å². The Labute approximate surface area is 124 Å². The number of piperazine rings is 1. The zero-order valence-corrected chi connectivity index (χ0v) is 12.6. The molecule has 0 saturated carbocycles. The molecule has 1 aliphatic heterocycles. The van der Waals surface area contributed by atoms with E-state index in [0.29, 0.717) is 17.6 Å². The third-order valence-electron chi connectivity index (χ3n) is 2.94. The molecule has 19 heavy (non-hydrogen) atoms. The molecule has 1 saturated heterocycles. The van der Waals surface area contributed by atoms with Crippen LogP contribution in [0, 0.1) is 0 Å². The van der Waals surface area contributed by atoms with Gasteiger partial charge in [-0.3, -0.25) is 0 Å². The molecule has 0 unspecified atom stereocenters. The van der Waals surface area contributed by atoms with E-state index < -0.39 is 11.7 Å². The lowest BCUT2D eigenvalue weighted by molar-refractivity contribution is -0.137. The fourth-order valence-electron chi connectivity index (χ4n) is 1.91. The van der Waals surface area contributed by atoms with Crippen molar-refractivity contribution in [1.82, 2.24) is 9.88 Å². The highest BCUT2D eigenvalue weighted by Gasteiger charge is 2.36. The first-order valence-corrected chi connectivity index (χ1v) is 6.33. The Bertz CT molecular complexity index is 434. The number of halogens is 5.